The van der Waals surface area contributed by atoms with Crippen molar-refractivity contribution in [3.8, 4) is 11.5 Å². The lowest BCUT2D eigenvalue weighted by molar-refractivity contribution is 0.102. The molecule has 0 saturated carbocycles. The van der Waals surface area contributed by atoms with Gasteiger partial charge in [0.05, 0.1) is 25.5 Å². The van der Waals surface area contributed by atoms with Crippen LogP contribution in [0.4, 0.5) is 5.69 Å². The number of fused-ring (bicyclic) bond motifs is 1. The Kier molecular flexibility index (Phi) is 3.93. The number of carbonyl (C=O) groups excluding carboxylic acids is 1. The fourth-order valence-electron chi connectivity index (χ4n) is 2.54. The number of amides is 1. The molecule has 0 bridgehead atoms. The average Bonchev–Trinajstić information content (AvgIpc) is 2.90. The van der Waals surface area contributed by atoms with E-state index in [-0.39, 0.29) is 5.91 Å². The predicted octanol–water partition coefficient (Wildman–Crippen LogP) is 4.01. The fourth-order valence-corrected chi connectivity index (χ4v) is 2.54. The van der Waals surface area contributed by atoms with Gasteiger partial charge in [0.1, 0.15) is 22.8 Å². The number of furan rings is 1. The summed E-state index contributed by atoms with van der Waals surface area (Å²) in [6.07, 6.45) is 0. The third kappa shape index (κ3) is 2.73. The van der Waals surface area contributed by atoms with E-state index >= 15 is 0 Å². The van der Waals surface area contributed by atoms with Crippen molar-refractivity contribution >= 4 is 22.6 Å². The smallest absolute Gasteiger partial charge is 0.259 e. The Morgan fingerprint density at radius 2 is 1.87 bits per heavy atom. The van der Waals surface area contributed by atoms with Crippen LogP contribution in [0.5, 0.6) is 11.5 Å². The van der Waals surface area contributed by atoms with Crippen LogP contribution in [-0.4, -0.2) is 20.1 Å². The third-order valence-corrected chi connectivity index (χ3v) is 3.66. The van der Waals surface area contributed by atoms with Gasteiger partial charge in [-0.2, -0.15) is 0 Å². The van der Waals surface area contributed by atoms with E-state index < -0.39 is 0 Å². The second kappa shape index (κ2) is 6.04. The molecular weight excluding hydrogens is 294 g/mol. The normalized spacial score (nSPS) is 10.6. The number of ether oxygens (including phenoxy) is 2. The van der Waals surface area contributed by atoms with Crippen LogP contribution in [0.15, 0.2) is 46.9 Å². The first-order chi connectivity index (χ1) is 11.1. The van der Waals surface area contributed by atoms with Gasteiger partial charge in [-0.15, -0.1) is 0 Å². The van der Waals surface area contributed by atoms with E-state index in [1.165, 1.54) is 0 Å². The summed E-state index contributed by atoms with van der Waals surface area (Å²) in [6, 6.07) is 12.7. The van der Waals surface area contributed by atoms with Crippen molar-refractivity contribution in [2.45, 2.75) is 6.92 Å². The van der Waals surface area contributed by atoms with E-state index in [2.05, 4.69) is 5.32 Å². The summed E-state index contributed by atoms with van der Waals surface area (Å²) in [6.45, 7) is 1.78. The quantitative estimate of drug-likeness (QED) is 0.791. The number of nitrogens with one attached hydrogen (secondary N) is 1. The molecule has 2 aromatic carbocycles. The number of hydrogen-bond acceptors (Lipinski definition) is 4. The number of hydrogen-bond donors (Lipinski definition) is 1. The molecule has 0 radical (unpaired) electrons. The molecule has 23 heavy (non-hydrogen) atoms. The highest BCUT2D eigenvalue weighted by Gasteiger charge is 2.19. The van der Waals surface area contributed by atoms with Crippen LogP contribution in [0, 0.1) is 6.92 Å². The minimum Gasteiger partial charge on any atom is -0.497 e. The topological polar surface area (TPSA) is 60.7 Å². The van der Waals surface area contributed by atoms with E-state index in [9.17, 15) is 4.79 Å². The van der Waals surface area contributed by atoms with Crippen molar-refractivity contribution in [1.82, 2.24) is 0 Å². The molecule has 5 nitrogen and oxygen atoms in total. The van der Waals surface area contributed by atoms with Crippen LogP contribution in [0.25, 0.3) is 11.0 Å². The molecule has 0 unspecified atom stereocenters. The standard InChI is InChI=1S/C18H17NO4/c1-11-17(13-6-4-5-7-15(13)23-11)18(20)19-14-9-8-12(21-2)10-16(14)22-3/h4-10H,1-3H3,(H,19,20). The number of anilines is 1. The molecule has 1 N–H and O–H groups in total. The van der Waals surface area contributed by atoms with Crippen molar-refractivity contribution in [2.75, 3.05) is 19.5 Å². The van der Waals surface area contributed by atoms with Gasteiger partial charge in [-0.05, 0) is 25.1 Å². The molecule has 0 saturated heterocycles. The highest BCUT2D eigenvalue weighted by atomic mass is 16.5. The van der Waals surface area contributed by atoms with Crippen LogP contribution in [0.1, 0.15) is 16.1 Å². The lowest BCUT2D eigenvalue weighted by Gasteiger charge is -2.11. The van der Waals surface area contributed by atoms with E-state index in [0.717, 1.165) is 5.39 Å². The number of benzene rings is 2. The monoisotopic (exact) mass is 311 g/mol. The Labute approximate surface area is 133 Å². The Morgan fingerprint density at radius 3 is 2.61 bits per heavy atom. The van der Waals surface area contributed by atoms with Gasteiger partial charge in [0.15, 0.2) is 0 Å². The Hall–Kier alpha value is -2.95. The molecule has 118 valence electrons. The van der Waals surface area contributed by atoms with Gasteiger partial charge in [0, 0.05) is 11.5 Å². The van der Waals surface area contributed by atoms with Gasteiger partial charge in [0.2, 0.25) is 0 Å². The maximum atomic E-state index is 12.7. The van der Waals surface area contributed by atoms with Gasteiger partial charge in [0.25, 0.3) is 5.91 Å². The SMILES string of the molecule is COc1ccc(NC(=O)c2c(C)oc3ccccc23)c(OC)c1. The first kappa shape index (κ1) is 15.0. The van der Waals surface area contributed by atoms with Gasteiger partial charge in [-0.3, -0.25) is 4.79 Å². The predicted molar refractivity (Wildman–Crippen MR) is 88.5 cm³/mol. The summed E-state index contributed by atoms with van der Waals surface area (Å²) < 4.78 is 16.1. The summed E-state index contributed by atoms with van der Waals surface area (Å²) in [5.74, 6) is 1.53. The minimum atomic E-state index is -0.240. The zero-order chi connectivity index (χ0) is 16.4. The molecule has 3 aromatic rings. The summed E-state index contributed by atoms with van der Waals surface area (Å²) in [5.41, 5.74) is 1.79. The lowest BCUT2D eigenvalue weighted by atomic mass is 10.1. The van der Waals surface area contributed by atoms with Crippen LogP contribution in [0.2, 0.25) is 0 Å². The number of aryl methyl sites for hydroxylation is 1. The maximum Gasteiger partial charge on any atom is 0.259 e. The van der Waals surface area contributed by atoms with Gasteiger partial charge in [-0.25, -0.2) is 0 Å². The van der Waals surface area contributed by atoms with Gasteiger partial charge in [-0.1, -0.05) is 18.2 Å². The molecule has 0 atom stereocenters. The van der Waals surface area contributed by atoms with Crippen LogP contribution in [0.3, 0.4) is 0 Å². The average molecular weight is 311 g/mol. The van der Waals surface area contributed by atoms with E-state index in [0.29, 0.717) is 34.1 Å². The molecule has 3 rings (SSSR count). The minimum absolute atomic E-state index is 0.240. The van der Waals surface area contributed by atoms with Crippen molar-refractivity contribution in [3.63, 3.8) is 0 Å². The molecule has 0 spiro atoms. The first-order valence-corrected chi connectivity index (χ1v) is 7.15. The largest absolute Gasteiger partial charge is 0.497 e. The summed E-state index contributed by atoms with van der Waals surface area (Å²) in [4.78, 5) is 12.7. The Bertz CT molecular complexity index is 867. The first-order valence-electron chi connectivity index (χ1n) is 7.15. The number of para-hydroxylation sites is 1. The second-order valence-electron chi connectivity index (χ2n) is 5.05. The van der Waals surface area contributed by atoms with Crippen molar-refractivity contribution in [2.24, 2.45) is 0 Å². The maximum absolute atomic E-state index is 12.7. The number of carbonyl (C=O) groups is 1. The molecular formula is C18H17NO4. The summed E-state index contributed by atoms with van der Waals surface area (Å²) in [5, 5.41) is 3.66. The Morgan fingerprint density at radius 1 is 1.09 bits per heavy atom. The molecule has 5 heteroatoms. The van der Waals surface area contributed by atoms with Crippen molar-refractivity contribution < 1.29 is 18.7 Å². The van der Waals surface area contributed by atoms with Gasteiger partial charge >= 0.3 is 0 Å². The summed E-state index contributed by atoms with van der Waals surface area (Å²) >= 11 is 0. The van der Waals surface area contributed by atoms with Crippen LogP contribution >= 0.6 is 0 Å². The zero-order valence-corrected chi connectivity index (χ0v) is 13.2. The van der Waals surface area contributed by atoms with E-state index in [4.69, 9.17) is 13.9 Å². The highest BCUT2D eigenvalue weighted by molar-refractivity contribution is 6.13. The van der Waals surface area contributed by atoms with Gasteiger partial charge < -0.3 is 19.2 Å². The number of methoxy groups -OCH3 is 2. The van der Waals surface area contributed by atoms with Crippen LogP contribution in [-0.2, 0) is 0 Å². The van der Waals surface area contributed by atoms with Crippen molar-refractivity contribution in [1.29, 1.82) is 0 Å². The summed E-state index contributed by atoms with van der Waals surface area (Å²) in [7, 11) is 3.12. The molecule has 0 aliphatic heterocycles. The number of rotatable bonds is 4. The zero-order valence-electron chi connectivity index (χ0n) is 13.2. The molecule has 0 aliphatic carbocycles. The second-order valence-corrected chi connectivity index (χ2v) is 5.05. The Balaban J connectivity index is 1.97. The molecule has 1 amide bonds. The molecule has 0 aliphatic rings. The molecule has 1 heterocycles. The third-order valence-electron chi connectivity index (χ3n) is 3.66. The van der Waals surface area contributed by atoms with E-state index in [1.807, 2.05) is 24.3 Å². The fraction of sp³-hybridized carbons (Fsp3) is 0.167. The van der Waals surface area contributed by atoms with E-state index in [1.54, 1.807) is 39.3 Å². The molecule has 0 fully saturated rings. The van der Waals surface area contributed by atoms with Crippen molar-refractivity contribution in [3.05, 3.63) is 53.8 Å². The lowest BCUT2D eigenvalue weighted by Crippen LogP contribution is -2.13. The van der Waals surface area contributed by atoms with Crippen LogP contribution < -0.4 is 14.8 Å². The molecule has 1 aromatic heterocycles. The highest BCUT2D eigenvalue weighted by Crippen LogP contribution is 2.31.